The number of carbonyl (C=O) groups excluding carboxylic acids is 5. The third kappa shape index (κ3) is 18.8. The molecule has 17 aromatic rings. The minimum Gasteiger partial charge on any atom is -0.397 e. The van der Waals surface area contributed by atoms with Gasteiger partial charge in [-0.25, -0.2) is 9.97 Å². The molecule has 17 rings (SSSR count). The van der Waals surface area contributed by atoms with Crippen molar-refractivity contribution in [2.75, 3.05) is 42.9 Å². The largest absolute Gasteiger partial charge is 0.397 e. The second-order valence-corrected chi connectivity index (χ2v) is 31.6. The molecule has 10 aromatic carbocycles. The van der Waals surface area contributed by atoms with E-state index in [-0.39, 0.29) is 73.7 Å². The molecule has 0 fully saturated rings. The van der Waals surface area contributed by atoms with Crippen LogP contribution < -0.4 is 27.8 Å². The standard InChI is InChI=1S/C27H24BN6P.C26H19BN5OP.C10H10N2O4.C10H10N2O2.C8H8N2O3.C8H10N2O/c1-16(29-2)19-9-6-10-23-25(19)32-27(31-23)26-21-13-17(11-12-24(21)34(33-26)35(3)28)22-15-30-14-18-7-4-5-8-20(18)22;1-15(33)18-8-5-9-22-24(18)30-26(29-22)25-20-12-16(10-11-23(20)32(31-25)34(2)27)21-14-28-13-17-6-3-4-7-19(17)21;1-6(13)8-4-3-5-9(12(15)16)10(8)11-7(2)14;1-6-7(2)11-10-8(6)4-3-5-9(10)12(13)14;1-5(11)6-3-2-4-7(8(6)9)10(12)13;1-5(11)6-3-2-4-7(9)8(6)10/h4-16,29H,1-3H3,(H,31,32);3-14H,1-2H3,(H,29,30);3-5H,1-2H3,(H,11,14);3-5,11H,1-2H3;2-4H,9H2,1H3;2-4H,9-10H2,1H3. The van der Waals surface area contributed by atoms with Gasteiger partial charge in [0.25, 0.3) is 17.1 Å². The summed E-state index contributed by atoms with van der Waals surface area (Å²) in [7, 11) is 12.7. The smallest absolute Gasteiger partial charge is 0.293 e. The van der Waals surface area contributed by atoms with Crippen molar-refractivity contribution in [3.63, 3.8) is 0 Å². The summed E-state index contributed by atoms with van der Waals surface area (Å²) >= 11 is 0. The van der Waals surface area contributed by atoms with Crippen molar-refractivity contribution in [1.82, 2.24) is 59.3 Å². The molecule has 0 aliphatic rings. The Balaban J connectivity index is 0.000000144. The molecule has 0 aliphatic carbocycles. The average molecular weight is 1680 g/mol. The predicted octanol–water partition coefficient (Wildman–Crippen LogP) is 18.9. The first-order chi connectivity index (χ1) is 58.8. The first kappa shape index (κ1) is 87.5. The van der Waals surface area contributed by atoms with Gasteiger partial charge in [0.15, 0.2) is 34.8 Å². The molecule has 7 aromatic heterocycles. The number of non-ortho nitro benzene ring substituents is 1. The molecule has 0 spiro atoms. The lowest BCUT2D eigenvalue weighted by atomic mass is 9.99. The quantitative estimate of drug-likeness (QED) is 0.0111. The van der Waals surface area contributed by atoms with Crippen LogP contribution in [-0.2, 0) is 4.79 Å². The van der Waals surface area contributed by atoms with Gasteiger partial charge in [-0.2, -0.15) is 10.2 Å². The number of nitrogen functional groups attached to an aromatic ring is 3. The number of para-hydroxylation sites is 6. The van der Waals surface area contributed by atoms with Crippen LogP contribution in [0.4, 0.5) is 39.8 Å². The van der Waals surface area contributed by atoms with Gasteiger partial charge < -0.3 is 42.8 Å². The lowest BCUT2D eigenvalue weighted by Gasteiger charge is -2.10. The van der Waals surface area contributed by atoms with Crippen LogP contribution in [-0.4, -0.2) is 133 Å². The normalized spacial score (nSPS) is 11.7. The Kier molecular flexibility index (Phi) is 26.7. The minimum absolute atomic E-state index is 0.0242. The number of carbonyl (C=O) groups is 5. The molecule has 123 heavy (non-hydrogen) atoms. The number of nitrogens with two attached hydrogens (primary N) is 3. The molecule has 0 aliphatic heterocycles. The van der Waals surface area contributed by atoms with E-state index in [1.54, 1.807) is 37.3 Å². The number of nitrogens with one attached hydrogen (secondary N) is 5. The third-order valence-corrected chi connectivity index (χ3v) is 22.1. The highest BCUT2D eigenvalue weighted by Crippen LogP contribution is 2.43. The maximum atomic E-state index is 12.1. The number of nitrogens with zero attached hydrogens (tertiary/aromatic N) is 11. The van der Waals surface area contributed by atoms with Crippen molar-refractivity contribution in [3.8, 4) is 45.3 Å². The van der Waals surface area contributed by atoms with Crippen molar-refractivity contribution in [3.05, 3.63) is 288 Å². The monoisotopic (exact) mass is 1680 g/mol. The van der Waals surface area contributed by atoms with Gasteiger partial charge >= 0.3 is 0 Å². The van der Waals surface area contributed by atoms with E-state index in [4.69, 9.17) is 52.5 Å². The van der Waals surface area contributed by atoms with Crippen molar-refractivity contribution in [2.45, 2.75) is 61.4 Å². The number of nitro groups is 3. The molecule has 4 radical (unpaired) electrons. The molecule has 0 bridgehead atoms. The van der Waals surface area contributed by atoms with Crippen molar-refractivity contribution in [1.29, 1.82) is 0 Å². The molecule has 614 valence electrons. The number of aromatic nitrogens is 11. The van der Waals surface area contributed by atoms with Crippen LogP contribution >= 0.6 is 15.9 Å². The molecule has 30 nitrogen and oxygen atoms in total. The van der Waals surface area contributed by atoms with E-state index in [0.717, 1.165) is 110 Å². The van der Waals surface area contributed by atoms with Crippen LogP contribution in [0.1, 0.15) is 106 Å². The van der Waals surface area contributed by atoms with Gasteiger partial charge in [-0.3, -0.25) is 73.2 Å². The van der Waals surface area contributed by atoms with Crippen LogP contribution in [0.2, 0.25) is 0 Å². The summed E-state index contributed by atoms with van der Waals surface area (Å²) in [6.07, 6.45) is 7.59. The average Bonchev–Trinajstić information content (AvgIpc) is 1.65. The zero-order chi connectivity index (χ0) is 88.5. The Morgan fingerprint density at radius 3 is 1.40 bits per heavy atom. The molecule has 3 unspecified atom stereocenters. The maximum absolute atomic E-state index is 12.1. The van der Waals surface area contributed by atoms with Crippen LogP contribution in [0.3, 0.4) is 0 Å². The number of H-pyrrole nitrogens is 3. The third-order valence-electron chi connectivity index (χ3n) is 20.3. The lowest BCUT2D eigenvalue weighted by molar-refractivity contribution is -0.384. The SMILES string of the molecule is CC(=O)Nc1c(C(C)=O)cccc1[N+](=O)[O-].CC(=O)c1cccc(N)c1N.CC(=O)c1cccc([N+](=O)[O-])c1N.Cc1[nH]c2c([N+](=O)[O-])cccc2c1C.[B]P(C)n1nc(-c2nc3c(C(C)=O)cccc3[nH]2)c2cc(-c3cncc4ccccc34)ccc21.[B]P(C)n1nc(-c2nc3c(C(C)NC)cccc3[nH]2)c2cc(-c3cncc4ccccc34)ccc21. The van der Waals surface area contributed by atoms with Gasteiger partial charge in [0.2, 0.25) is 5.91 Å². The molecule has 7 heterocycles. The van der Waals surface area contributed by atoms with Gasteiger partial charge in [-0.1, -0.05) is 109 Å². The summed E-state index contributed by atoms with van der Waals surface area (Å²) in [6, 6.07) is 59.6. The Bertz CT molecular complexity index is 6970. The number of hydrogen-bond acceptors (Lipinski definition) is 21. The highest BCUT2D eigenvalue weighted by Gasteiger charge is 2.26. The number of imidazole rings is 2. The zero-order valence-corrected chi connectivity index (χ0v) is 70.3. The van der Waals surface area contributed by atoms with E-state index < -0.39 is 31.7 Å². The van der Waals surface area contributed by atoms with Crippen molar-refractivity contribution in [2.24, 2.45) is 0 Å². The van der Waals surface area contributed by atoms with Gasteiger partial charge in [0, 0.05) is 122 Å². The Morgan fingerprint density at radius 1 is 0.480 bits per heavy atom. The van der Waals surface area contributed by atoms with E-state index in [1.807, 2.05) is 104 Å². The maximum Gasteiger partial charge on any atom is 0.293 e. The summed E-state index contributed by atoms with van der Waals surface area (Å²) in [5.74, 6) is 0.186. The molecular formula is C89H81B2N19O11P2. The van der Waals surface area contributed by atoms with Crippen LogP contribution in [0, 0.1) is 44.2 Å². The van der Waals surface area contributed by atoms with Gasteiger partial charge in [0.1, 0.15) is 43.4 Å². The topological polar surface area (TPSA) is 451 Å². The molecule has 0 saturated heterocycles. The minimum atomic E-state index is -1.000. The predicted molar refractivity (Wildman–Crippen MR) is 491 cm³/mol. The lowest BCUT2D eigenvalue weighted by Crippen LogP contribution is -2.12. The van der Waals surface area contributed by atoms with Crippen LogP contribution in [0.15, 0.2) is 219 Å². The second kappa shape index (κ2) is 37.6. The molecule has 34 heteroatoms. The first-order valence-electron chi connectivity index (χ1n) is 38.1. The van der Waals surface area contributed by atoms with E-state index >= 15 is 0 Å². The van der Waals surface area contributed by atoms with E-state index in [2.05, 4.69) is 127 Å². The number of amides is 1. The fourth-order valence-electron chi connectivity index (χ4n) is 14.0. The number of pyridine rings is 2. The number of nitro benzene ring substituents is 3. The van der Waals surface area contributed by atoms with Crippen molar-refractivity contribution >= 4 is 176 Å². The molecule has 1 amide bonds. The number of hydrogen-bond donors (Lipinski definition) is 8. The second-order valence-electron chi connectivity index (χ2n) is 28.5. The summed E-state index contributed by atoms with van der Waals surface area (Å²) in [5.41, 5.74) is 33.1. The fourth-order valence-corrected chi connectivity index (χ4v) is 15.5. The zero-order valence-electron chi connectivity index (χ0n) is 68.6. The number of aryl methyl sites for hydroxylation is 2. The van der Waals surface area contributed by atoms with Crippen LogP contribution in [0.25, 0.3) is 122 Å². The highest BCUT2D eigenvalue weighted by molar-refractivity contribution is 7.80. The van der Waals surface area contributed by atoms with Gasteiger partial charge in [-0.15, -0.1) is 0 Å². The van der Waals surface area contributed by atoms with E-state index in [1.165, 1.54) is 75.5 Å². The molecular weight excluding hydrogens is 1590 g/mol. The summed E-state index contributed by atoms with van der Waals surface area (Å²) in [6.45, 7) is 16.8. The number of Topliss-reactive ketones (excluding diaryl/α,β-unsaturated/α-hetero) is 4. The van der Waals surface area contributed by atoms with Gasteiger partial charge in [-0.05, 0) is 185 Å². The Morgan fingerprint density at radius 2 is 0.911 bits per heavy atom. The van der Waals surface area contributed by atoms with Crippen LogP contribution in [0.5, 0.6) is 0 Å². The number of anilines is 4. The number of aromatic amines is 3. The number of fused-ring (bicyclic) bond motifs is 7. The number of benzene rings is 10. The van der Waals surface area contributed by atoms with E-state index in [9.17, 15) is 54.3 Å². The number of ketones is 4. The highest BCUT2D eigenvalue weighted by atomic mass is 31.1. The Hall–Kier alpha value is -14.9. The first-order valence-corrected chi connectivity index (χ1v) is 41.7. The molecule has 0 saturated carbocycles. The summed E-state index contributed by atoms with van der Waals surface area (Å²) in [4.78, 5) is 115. The van der Waals surface area contributed by atoms with Gasteiger partial charge in [0.05, 0.1) is 59.2 Å². The summed E-state index contributed by atoms with van der Waals surface area (Å²) in [5, 5.41) is 54.7. The fraction of sp³-hybridized carbons (Fsp3) is 0.135. The van der Waals surface area contributed by atoms with E-state index in [0.29, 0.717) is 45.1 Å². The molecule has 11 N–H and O–H groups in total. The number of rotatable bonds is 16. The summed E-state index contributed by atoms with van der Waals surface area (Å²) < 4.78 is 3.79. The molecule has 3 atom stereocenters. The Labute approximate surface area is 708 Å². The van der Waals surface area contributed by atoms with Crippen molar-refractivity contribution < 1.29 is 38.7 Å².